The van der Waals surface area contributed by atoms with Crippen LogP contribution in [0.2, 0.25) is 0 Å². The van der Waals surface area contributed by atoms with E-state index in [0.717, 1.165) is 11.3 Å². The first-order valence-corrected chi connectivity index (χ1v) is 8.90. The zero-order valence-electron chi connectivity index (χ0n) is 13.4. The molecule has 0 bridgehead atoms. The Morgan fingerprint density at radius 1 is 1.13 bits per heavy atom. The number of nitrogens with zero attached hydrogens (tertiary/aromatic N) is 1. The van der Waals surface area contributed by atoms with Crippen LogP contribution in [-0.4, -0.2) is 24.6 Å². The summed E-state index contributed by atoms with van der Waals surface area (Å²) >= 11 is 0. The Morgan fingerprint density at radius 3 is 2.35 bits per heavy atom. The zero-order valence-corrected chi connectivity index (χ0v) is 14.2. The van der Waals surface area contributed by atoms with Crippen molar-refractivity contribution in [3.05, 3.63) is 53.7 Å². The van der Waals surface area contributed by atoms with Gasteiger partial charge in [0.15, 0.2) is 9.84 Å². The molecule has 0 aliphatic heterocycles. The first-order chi connectivity index (χ1) is 10.8. The van der Waals surface area contributed by atoms with Crippen molar-refractivity contribution in [2.24, 2.45) is 0 Å². The number of carbonyl (C=O) groups excluding carboxylic acids is 1. The Morgan fingerprint density at radius 2 is 1.78 bits per heavy atom. The lowest BCUT2D eigenvalue weighted by atomic mass is 10.1. The molecule has 1 N–H and O–H groups in total. The molecule has 1 aromatic carbocycles. The van der Waals surface area contributed by atoms with Gasteiger partial charge in [-0.25, -0.2) is 13.4 Å². The van der Waals surface area contributed by atoms with E-state index in [9.17, 15) is 13.2 Å². The average molecular weight is 332 g/mol. The summed E-state index contributed by atoms with van der Waals surface area (Å²) in [5.74, 6) is 0.316. The van der Waals surface area contributed by atoms with Crippen LogP contribution in [0.25, 0.3) is 0 Å². The molecule has 0 saturated carbocycles. The lowest BCUT2D eigenvalue weighted by Gasteiger charge is -2.09. The molecule has 0 aliphatic carbocycles. The summed E-state index contributed by atoms with van der Waals surface area (Å²) in [6, 6.07) is 11.8. The number of sulfone groups is 1. The molecule has 0 radical (unpaired) electrons. The molecule has 2 rings (SSSR count). The molecule has 2 aromatic rings. The maximum atomic E-state index is 12.1. The highest BCUT2D eigenvalue weighted by Gasteiger charge is 2.18. The fourth-order valence-electron chi connectivity index (χ4n) is 2.05. The number of amides is 1. The molecule has 122 valence electrons. The molecular weight excluding hydrogens is 312 g/mol. The molecule has 23 heavy (non-hydrogen) atoms. The molecule has 0 unspecified atom stereocenters. The molecule has 0 aliphatic rings. The van der Waals surface area contributed by atoms with E-state index in [-0.39, 0.29) is 17.2 Å². The molecule has 1 aromatic heterocycles. The Bertz CT molecular complexity index is 797. The first-order valence-electron chi connectivity index (χ1n) is 7.35. The Kier molecular flexibility index (Phi) is 5.15. The molecule has 0 spiro atoms. The van der Waals surface area contributed by atoms with Crippen molar-refractivity contribution in [3.63, 3.8) is 0 Å². The van der Waals surface area contributed by atoms with Crippen LogP contribution < -0.4 is 5.32 Å². The number of hydrogen-bond donors (Lipinski definition) is 1. The maximum absolute atomic E-state index is 12.1. The summed E-state index contributed by atoms with van der Waals surface area (Å²) in [4.78, 5) is 16.5. The number of aromatic nitrogens is 1. The van der Waals surface area contributed by atoms with E-state index in [1.807, 2.05) is 19.1 Å². The second-order valence-corrected chi connectivity index (χ2v) is 8.13. The molecule has 1 heterocycles. The lowest BCUT2D eigenvalue weighted by Crippen LogP contribution is -2.16. The minimum atomic E-state index is -3.29. The molecule has 0 atom stereocenters. The number of hydrogen-bond acceptors (Lipinski definition) is 4. The highest BCUT2D eigenvalue weighted by atomic mass is 32.2. The van der Waals surface area contributed by atoms with Gasteiger partial charge in [-0.3, -0.25) is 4.79 Å². The van der Waals surface area contributed by atoms with Crippen LogP contribution in [0.4, 0.5) is 5.82 Å². The van der Waals surface area contributed by atoms with E-state index in [2.05, 4.69) is 10.3 Å². The molecule has 1 amide bonds. The number of rotatable bonds is 5. The van der Waals surface area contributed by atoms with Gasteiger partial charge in [0.25, 0.3) is 0 Å². The number of carbonyl (C=O) groups is 1. The van der Waals surface area contributed by atoms with Gasteiger partial charge in [-0.05, 0) is 50.6 Å². The van der Waals surface area contributed by atoms with Gasteiger partial charge in [-0.2, -0.15) is 0 Å². The van der Waals surface area contributed by atoms with Gasteiger partial charge in [0.1, 0.15) is 5.82 Å². The standard InChI is InChI=1S/C17H20N2O3S/c1-12(2)23(21,22)15-9-7-14(8-10-15)11-17(20)19-16-6-4-5-13(3)18-16/h4-10,12H,11H2,1-3H3,(H,18,19,20). The van der Waals surface area contributed by atoms with Crippen molar-refractivity contribution >= 4 is 21.6 Å². The van der Waals surface area contributed by atoms with Gasteiger partial charge in [0.05, 0.1) is 16.6 Å². The van der Waals surface area contributed by atoms with Crippen LogP contribution in [0.3, 0.4) is 0 Å². The number of benzene rings is 1. The van der Waals surface area contributed by atoms with Crippen LogP contribution >= 0.6 is 0 Å². The third kappa shape index (κ3) is 4.39. The van der Waals surface area contributed by atoms with Crippen molar-refractivity contribution in [2.45, 2.75) is 37.3 Å². The number of anilines is 1. The number of nitrogens with one attached hydrogen (secondary N) is 1. The lowest BCUT2D eigenvalue weighted by molar-refractivity contribution is -0.115. The normalized spacial score (nSPS) is 11.5. The third-order valence-electron chi connectivity index (χ3n) is 3.39. The fourth-order valence-corrected chi connectivity index (χ4v) is 3.11. The summed E-state index contributed by atoms with van der Waals surface area (Å²) in [5, 5.41) is 2.26. The number of aryl methyl sites for hydroxylation is 1. The maximum Gasteiger partial charge on any atom is 0.229 e. The van der Waals surface area contributed by atoms with Crippen molar-refractivity contribution < 1.29 is 13.2 Å². The monoisotopic (exact) mass is 332 g/mol. The Labute approximate surface area is 136 Å². The molecule has 0 fully saturated rings. The first kappa shape index (κ1) is 17.1. The van der Waals surface area contributed by atoms with Crippen LogP contribution in [0.1, 0.15) is 25.1 Å². The van der Waals surface area contributed by atoms with Crippen LogP contribution in [0.15, 0.2) is 47.4 Å². The van der Waals surface area contributed by atoms with Gasteiger partial charge >= 0.3 is 0 Å². The van der Waals surface area contributed by atoms with Crippen molar-refractivity contribution in [3.8, 4) is 0 Å². The van der Waals surface area contributed by atoms with Crippen LogP contribution in [0, 0.1) is 6.92 Å². The predicted octanol–water partition coefficient (Wildman–Crippen LogP) is 2.75. The highest BCUT2D eigenvalue weighted by molar-refractivity contribution is 7.92. The van der Waals surface area contributed by atoms with Gasteiger partial charge < -0.3 is 5.32 Å². The van der Waals surface area contributed by atoms with Crippen LogP contribution in [-0.2, 0) is 21.1 Å². The van der Waals surface area contributed by atoms with Gasteiger partial charge in [0.2, 0.25) is 5.91 Å². The second-order valence-electron chi connectivity index (χ2n) is 5.63. The zero-order chi connectivity index (χ0) is 17.0. The smallest absolute Gasteiger partial charge is 0.229 e. The van der Waals surface area contributed by atoms with Crippen molar-refractivity contribution in [2.75, 3.05) is 5.32 Å². The second kappa shape index (κ2) is 6.91. The van der Waals surface area contributed by atoms with E-state index in [4.69, 9.17) is 0 Å². The van der Waals surface area contributed by atoms with Crippen molar-refractivity contribution in [1.82, 2.24) is 4.98 Å². The average Bonchev–Trinajstić information content (AvgIpc) is 2.47. The quantitative estimate of drug-likeness (QED) is 0.913. The van der Waals surface area contributed by atoms with E-state index < -0.39 is 15.1 Å². The van der Waals surface area contributed by atoms with Crippen molar-refractivity contribution in [1.29, 1.82) is 0 Å². The van der Waals surface area contributed by atoms with Gasteiger partial charge in [-0.15, -0.1) is 0 Å². The summed E-state index contributed by atoms with van der Waals surface area (Å²) in [5.41, 5.74) is 1.57. The van der Waals surface area contributed by atoms with Gasteiger partial charge in [-0.1, -0.05) is 18.2 Å². The largest absolute Gasteiger partial charge is 0.310 e. The Hall–Kier alpha value is -2.21. The summed E-state index contributed by atoms with van der Waals surface area (Å²) in [6.45, 7) is 5.14. The fraction of sp³-hybridized carbons (Fsp3) is 0.294. The topological polar surface area (TPSA) is 76.1 Å². The Balaban J connectivity index is 2.05. The molecular formula is C17H20N2O3S. The minimum absolute atomic E-state index is 0.164. The summed E-state index contributed by atoms with van der Waals surface area (Å²) in [6.07, 6.45) is 0.164. The molecule has 5 nitrogen and oxygen atoms in total. The highest BCUT2D eigenvalue weighted by Crippen LogP contribution is 2.17. The summed E-state index contributed by atoms with van der Waals surface area (Å²) in [7, 11) is -3.29. The van der Waals surface area contributed by atoms with E-state index in [0.29, 0.717) is 5.82 Å². The summed E-state index contributed by atoms with van der Waals surface area (Å²) < 4.78 is 24.1. The van der Waals surface area contributed by atoms with E-state index in [1.54, 1.807) is 44.2 Å². The number of pyridine rings is 1. The minimum Gasteiger partial charge on any atom is -0.310 e. The van der Waals surface area contributed by atoms with Crippen LogP contribution in [0.5, 0.6) is 0 Å². The van der Waals surface area contributed by atoms with E-state index >= 15 is 0 Å². The van der Waals surface area contributed by atoms with E-state index in [1.165, 1.54) is 0 Å². The predicted molar refractivity (Wildman–Crippen MR) is 90.1 cm³/mol. The van der Waals surface area contributed by atoms with Gasteiger partial charge in [0, 0.05) is 5.69 Å². The SMILES string of the molecule is Cc1cccc(NC(=O)Cc2ccc(S(=O)(=O)C(C)C)cc2)n1. The molecule has 0 saturated heterocycles. The third-order valence-corrected chi connectivity index (χ3v) is 5.56. The molecule has 6 heteroatoms.